The van der Waals surface area contributed by atoms with Crippen LogP contribution in [0.1, 0.15) is 33.2 Å². The third-order valence-corrected chi connectivity index (χ3v) is 4.14. The molecule has 2 aromatic carbocycles. The molecule has 0 aliphatic heterocycles. The Balaban J connectivity index is 1.96. The molecular weight excluding hydrogens is 298 g/mol. The molecule has 0 saturated carbocycles. The van der Waals surface area contributed by atoms with Crippen molar-refractivity contribution in [3.63, 3.8) is 0 Å². The first-order chi connectivity index (χ1) is 11.6. The van der Waals surface area contributed by atoms with Crippen molar-refractivity contribution in [2.24, 2.45) is 0 Å². The SMILES string of the molecule is CCC(C(=O)NC(C)C)n1cc(-c2cccc3ccccc23)cn1. The van der Waals surface area contributed by atoms with Crippen molar-refractivity contribution in [3.8, 4) is 11.1 Å². The van der Waals surface area contributed by atoms with Crippen molar-refractivity contribution >= 4 is 16.7 Å². The molecule has 1 amide bonds. The number of hydrogen-bond acceptors (Lipinski definition) is 2. The predicted molar refractivity (Wildman–Crippen MR) is 97.8 cm³/mol. The number of amides is 1. The number of nitrogens with zero attached hydrogens (tertiary/aromatic N) is 2. The van der Waals surface area contributed by atoms with Gasteiger partial charge in [-0.25, -0.2) is 0 Å². The highest BCUT2D eigenvalue weighted by Crippen LogP contribution is 2.29. The molecule has 0 fully saturated rings. The average molecular weight is 321 g/mol. The molecule has 4 heteroatoms. The third kappa shape index (κ3) is 3.18. The van der Waals surface area contributed by atoms with Crippen LogP contribution in [0, 0.1) is 0 Å². The van der Waals surface area contributed by atoms with Gasteiger partial charge >= 0.3 is 0 Å². The molecule has 1 unspecified atom stereocenters. The summed E-state index contributed by atoms with van der Waals surface area (Å²) < 4.78 is 1.77. The lowest BCUT2D eigenvalue weighted by Gasteiger charge is -2.17. The molecule has 0 aliphatic carbocycles. The minimum absolute atomic E-state index is 0.0140. The van der Waals surface area contributed by atoms with Gasteiger partial charge in [-0.05, 0) is 36.6 Å². The molecule has 1 aromatic heterocycles. The van der Waals surface area contributed by atoms with E-state index in [0.29, 0.717) is 6.42 Å². The summed E-state index contributed by atoms with van der Waals surface area (Å²) in [4.78, 5) is 12.4. The van der Waals surface area contributed by atoms with E-state index in [2.05, 4.69) is 40.7 Å². The van der Waals surface area contributed by atoms with E-state index in [1.165, 1.54) is 10.8 Å². The number of aromatic nitrogens is 2. The fraction of sp³-hybridized carbons (Fsp3) is 0.300. The van der Waals surface area contributed by atoms with Crippen LogP contribution in [0.4, 0.5) is 0 Å². The number of carbonyl (C=O) groups is 1. The van der Waals surface area contributed by atoms with Gasteiger partial charge in [-0.15, -0.1) is 0 Å². The van der Waals surface area contributed by atoms with Gasteiger partial charge < -0.3 is 5.32 Å². The molecule has 3 aromatic rings. The molecule has 0 saturated heterocycles. The zero-order valence-electron chi connectivity index (χ0n) is 14.4. The fourth-order valence-electron chi connectivity index (χ4n) is 3.00. The zero-order valence-corrected chi connectivity index (χ0v) is 14.4. The smallest absolute Gasteiger partial charge is 0.245 e. The summed E-state index contributed by atoms with van der Waals surface area (Å²) in [5.41, 5.74) is 2.17. The van der Waals surface area contributed by atoms with Crippen molar-refractivity contribution < 1.29 is 4.79 Å². The second-order valence-electron chi connectivity index (χ2n) is 6.32. The zero-order chi connectivity index (χ0) is 17.1. The molecule has 124 valence electrons. The van der Waals surface area contributed by atoms with Crippen LogP contribution in [0.15, 0.2) is 54.9 Å². The predicted octanol–water partition coefficient (Wildman–Crippen LogP) is 4.18. The van der Waals surface area contributed by atoms with E-state index in [9.17, 15) is 4.79 Å². The topological polar surface area (TPSA) is 46.9 Å². The van der Waals surface area contributed by atoms with Crippen LogP contribution in [0.3, 0.4) is 0 Å². The Bertz CT molecular complexity index is 845. The molecule has 0 bridgehead atoms. The van der Waals surface area contributed by atoms with Crippen LogP contribution in [-0.2, 0) is 4.79 Å². The van der Waals surface area contributed by atoms with Crippen LogP contribution < -0.4 is 5.32 Å². The van der Waals surface area contributed by atoms with Gasteiger partial charge in [0.25, 0.3) is 0 Å². The van der Waals surface area contributed by atoms with Gasteiger partial charge in [0.05, 0.1) is 6.20 Å². The first-order valence-corrected chi connectivity index (χ1v) is 8.42. The summed E-state index contributed by atoms with van der Waals surface area (Å²) >= 11 is 0. The van der Waals surface area contributed by atoms with E-state index < -0.39 is 0 Å². The normalized spacial score (nSPS) is 12.5. The number of rotatable bonds is 5. The maximum Gasteiger partial charge on any atom is 0.245 e. The number of carbonyl (C=O) groups excluding carboxylic acids is 1. The Morgan fingerprint density at radius 2 is 1.92 bits per heavy atom. The maximum atomic E-state index is 12.4. The van der Waals surface area contributed by atoms with E-state index in [0.717, 1.165) is 11.1 Å². The van der Waals surface area contributed by atoms with Crippen molar-refractivity contribution in [1.29, 1.82) is 0 Å². The molecule has 0 aliphatic rings. The maximum absolute atomic E-state index is 12.4. The van der Waals surface area contributed by atoms with E-state index in [1.54, 1.807) is 4.68 Å². The molecule has 4 nitrogen and oxygen atoms in total. The fourth-order valence-corrected chi connectivity index (χ4v) is 3.00. The molecule has 3 rings (SSSR count). The summed E-state index contributed by atoms with van der Waals surface area (Å²) in [5.74, 6) is 0.0140. The van der Waals surface area contributed by atoms with Crippen molar-refractivity contribution in [3.05, 3.63) is 54.9 Å². The monoisotopic (exact) mass is 321 g/mol. The number of benzene rings is 2. The molecule has 1 atom stereocenters. The highest BCUT2D eigenvalue weighted by molar-refractivity contribution is 5.96. The average Bonchev–Trinajstić information content (AvgIpc) is 3.04. The number of hydrogen-bond donors (Lipinski definition) is 1. The van der Waals surface area contributed by atoms with Crippen LogP contribution in [0.5, 0.6) is 0 Å². The van der Waals surface area contributed by atoms with Crippen LogP contribution in [0.2, 0.25) is 0 Å². The van der Waals surface area contributed by atoms with Gasteiger partial charge in [0.2, 0.25) is 5.91 Å². The van der Waals surface area contributed by atoms with Gasteiger partial charge in [0, 0.05) is 17.8 Å². The quantitative estimate of drug-likeness (QED) is 0.766. The number of fused-ring (bicyclic) bond motifs is 1. The molecule has 24 heavy (non-hydrogen) atoms. The lowest BCUT2D eigenvalue weighted by molar-refractivity contribution is -0.125. The standard InChI is InChI=1S/C20H23N3O/c1-4-19(20(24)22-14(2)3)23-13-16(12-21-23)18-11-7-9-15-8-5-6-10-17(15)18/h5-14,19H,4H2,1-3H3,(H,22,24). The summed E-state index contributed by atoms with van der Waals surface area (Å²) in [6.45, 7) is 5.94. The van der Waals surface area contributed by atoms with E-state index in [1.807, 2.05) is 45.3 Å². The lowest BCUT2D eigenvalue weighted by Crippen LogP contribution is -2.36. The van der Waals surface area contributed by atoms with Gasteiger partial charge in [0.15, 0.2) is 0 Å². The van der Waals surface area contributed by atoms with Gasteiger partial charge in [-0.2, -0.15) is 5.10 Å². The van der Waals surface area contributed by atoms with E-state index in [4.69, 9.17) is 0 Å². The molecule has 0 radical (unpaired) electrons. The second-order valence-corrected chi connectivity index (χ2v) is 6.32. The Labute approximate surface area is 142 Å². The summed E-state index contributed by atoms with van der Waals surface area (Å²) in [5, 5.41) is 9.82. The molecule has 0 spiro atoms. The van der Waals surface area contributed by atoms with Crippen molar-refractivity contribution in [1.82, 2.24) is 15.1 Å². The van der Waals surface area contributed by atoms with E-state index >= 15 is 0 Å². The minimum atomic E-state index is -0.281. The lowest BCUT2D eigenvalue weighted by atomic mass is 10.0. The second kappa shape index (κ2) is 6.87. The van der Waals surface area contributed by atoms with Crippen molar-refractivity contribution in [2.45, 2.75) is 39.3 Å². The van der Waals surface area contributed by atoms with Crippen LogP contribution >= 0.6 is 0 Å². The van der Waals surface area contributed by atoms with Gasteiger partial charge in [0.1, 0.15) is 6.04 Å². The van der Waals surface area contributed by atoms with Crippen LogP contribution in [-0.4, -0.2) is 21.7 Å². The summed E-state index contributed by atoms with van der Waals surface area (Å²) in [7, 11) is 0. The largest absolute Gasteiger partial charge is 0.352 e. The highest BCUT2D eigenvalue weighted by atomic mass is 16.2. The summed E-state index contributed by atoms with van der Waals surface area (Å²) in [6.07, 6.45) is 4.51. The number of nitrogens with one attached hydrogen (secondary N) is 1. The van der Waals surface area contributed by atoms with E-state index in [-0.39, 0.29) is 18.0 Å². The Hall–Kier alpha value is -2.62. The third-order valence-electron chi connectivity index (χ3n) is 4.14. The molecule has 1 N–H and O–H groups in total. The molecular formula is C20H23N3O. The Morgan fingerprint density at radius 1 is 1.17 bits per heavy atom. The van der Waals surface area contributed by atoms with Crippen LogP contribution in [0.25, 0.3) is 21.9 Å². The minimum Gasteiger partial charge on any atom is -0.352 e. The van der Waals surface area contributed by atoms with Crippen molar-refractivity contribution in [2.75, 3.05) is 0 Å². The first-order valence-electron chi connectivity index (χ1n) is 8.42. The Kier molecular flexibility index (Phi) is 4.65. The Morgan fingerprint density at radius 3 is 2.67 bits per heavy atom. The van der Waals surface area contributed by atoms with Gasteiger partial charge in [-0.3, -0.25) is 9.48 Å². The van der Waals surface area contributed by atoms with Gasteiger partial charge in [-0.1, -0.05) is 49.4 Å². The highest BCUT2D eigenvalue weighted by Gasteiger charge is 2.20. The summed E-state index contributed by atoms with van der Waals surface area (Å²) in [6, 6.07) is 14.4. The molecule has 1 heterocycles. The first kappa shape index (κ1) is 16.2.